The van der Waals surface area contributed by atoms with Gasteiger partial charge in [0.25, 0.3) is 0 Å². The lowest BCUT2D eigenvalue weighted by atomic mass is 10.0. The Balaban J connectivity index is 2.06. The fraction of sp³-hybridized carbons (Fsp3) is 0.125. The van der Waals surface area contributed by atoms with Gasteiger partial charge in [0.1, 0.15) is 17.1 Å². The molecule has 0 aliphatic heterocycles. The topological polar surface area (TPSA) is 22.4 Å². The highest BCUT2D eigenvalue weighted by Crippen LogP contribution is 2.27. The molecule has 2 nitrogen and oxygen atoms in total. The van der Waals surface area contributed by atoms with Gasteiger partial charge >= 0.3 is 0 Å². The number of ether oxygens (including phenoxy) is 1. The van der Waals surface area contributed by atoms with Gasteiger partial charge in [-0.05, 0) is 42.3 Å². The second kappa shape index (κ2) is 4.22. The zero-order chi connectivity index (χ0) is 12.5. The Kier molecular flexibility index (Phi) is 2.56. The van der Waals surface area contributed by atoms with Crippen molar-refractivity contribution in [1.29, 1.82) is 0 Å². The highest BCUT2D eigenvalue weighted by molar-refractivity contribution is 5.83. The molecule has 0 radical (unpaired) electrons. The van der Waals surface area contributed by atoms with Crippen LogP contribution in [0, 0.1) is 6.92 Å². The van der Waals surface area contributed by atoms with E-state index in [4.69, 9.17) is 9.15 Å². The number of hydrogen-bond acceptors (Lipinski definition) is 2. The van der Waals surface area contributed by atoms with Crippen molar-refractivity contribution in [3.63, 3.8) is 0 Å². The maximum absolute atomic E-state index is 5.65. The molecular weight excluding hydrogens is 224 g/mol. The van der Waals surface area contributed by atoms with E-state index >= 15 is 0 Å². The van der Waals surface area contributed by atoms with Crippen molar-refractivity contribution >= 4 is 11.0 Å². The van der Waals surface area contributed by atoms with Crippen molar-refractivity contribution in [3.05, 3.63) is 54.3 Å². The highest BCUT2D eigenvalue weighted by atomic mass is 16.5. The van der Waals surface area contributed by atoms with Gasteiger partial charge in [-0.2, -0.15) is 0 Å². The molecule has 2 aromatic carbocycles. The lowest BCUT2D eigenvalue weighted by Gasteiger charge is -2.03. The van der Waals surface area contributed by atoms with Crippen molar-refractivity contribution < 1.29 is 9.15 Å². The van der Waals surface area contributed by atoms with Crippen LogP contribution in [0.25, 0.3) is 22.1 Å². The van der Waals surface area contributed by atoms with E-state index in [0.29, 0.717) is 0 Å². The number of methoxy groups -OCH3 is 1. The largest absolute Gasteiger partial charge is 0.497 e. The molecular formula is C16H14O2. The van der Waals surface area contributed by atoms with E-state index in [1.54, 1.807) is 7.11 Å². The second-order valence-corrected chi connectivity index (χ2v) is 4.34. The molecule has 0 bridgehead atoms. The summed E-state index contributed by atoms with van der Waals surface area (Å²) < 4.78 is 10.8. The second-order valence-electron chi connectivity index (χ2n) is 4.34. The molecule has 0 aliphatic rings. The van der Waals surface area contributed by atoms with Crippen molar-refractivity contribution in [2.45, 2.75) is 6.92 Å². The first kappa shape index (κ1) is 10.9. The minimum atomic E-state index is 0.869. The molecule has 0 unspecified atom stereocenters. The zero-order valence-corrected chi connectivity index (χ0v) is 10.4. The Morgan fingerprint density at radius 1 is 0.889 bits per heavy atom. The van der Waals surface area contributed by atoms with E-state index in [1.165, 1.54) is 0 Å². The van der Waals surface area contributed by atoms with E-state index in [2.05, 4.69) is 30.3 Å². The van der Waals surface area contributed by atoms with Crippen LogP contribution in [0.15, 0.2) is 52.9 Å². The van der Waals surface area contributed by atoms with Gasteiger partial charge in [-0.3, -0.25) is 0 Å². The van der Waals surface area contributed by atoms with Crippen LogP contribution in [-0.4, -0.2) is 7.11 Å². The molecule has 1 heterocycles. The van der Waals surface area contributed by atoms with Gasteiger partial charge in [-0.1, -0.05) is 24.3 Å². The molecule has 3 aromatic rings. The quantitative estimate of drug-likeness (QED) is 0.659. The van der Waals surface area contributed by atoms with Crippen LogP contribution in [0.1, 0.15) is 5.76 Å². The number of furan rings is 1. The molecule has 0 aliphatic carbocycles. The zero-order valence-electron chi connectivity index (χ0n) is 10.4. The van der Waals surface area contributed by atoms with Crippen LogP contribution < -0.4 is 4.74 Å². The molecule has 0 saturated heterocycles. The number of aryl methyl sites for hydroxylation is 1. The minimum Gasteiger partial charge on any atom is -0.497 e. The van der Waals surface area contributed by atoms with E-state index in [0.717, 1.165) is 33.6 Å². The Labute approximate surface area is 106 Å². The molecule has 0 N–H and O–H groups in total. The molecule has 0 atom stereocenters. The standard InChI is InChI=1S/C16H14O2/c1-11-9-14-4-3-13(10-16(14)18-11)12-5-7-15(17-2)8-6-12/h3-10H,1-2H3. The summed E-state index contributed by atoms with van der Waals surface area (Å²) in [5, 5.41) is 1.14. The first-order chi connectivity index (χ1) is 8.76. The minimum absolute atomic E-state index is 0.869. The predicted octanol–water partition coefficient (Wildman–Crippen LogP) is 4.42. The Hall–Kier alpha value is -2.22. The smallest absolute Gasteiger partial charge is 0.134 e. The number of rotatable bonds is 2. The molecule has 1 aromatic heterocycles. The average Bonchev–Trinajstić information content (AvgIpc) is 2.78. The molecule has 0 fully saturated rings. The third-order valence-corrected chi connectivity index (χ3v) is 3.07. The summed E-state index contributed by atoms with van der Waals surface area (Å²) in [5.74, 6) is 1.81. The number of hydrogen-bond donors (Lipinski definition) is 0. The fourth-order valence-electron chi connectivity index (χ4n) is 2.13. The van der Waals surface area contributed by atoms with Gasteiger partial charge < -0.3 is 9.15 Å². The van der Waals surface area contributed by atoms with E-state index in [9.17, 15) is 0 Å². The maximum Gasteiger partial charge on any atom is 0.134 e. The SMILES string of the molecule is COc1ccc(-c2ccc3cc(C)oc3c2)cc1. The lowest BCUT2D eigenvalue weighted by molar-refractivity contribution is 0.415. The summed E-state index contributed by atoms with van der Waals surface area (Å²) in [6.07, 6.45) is 0. The highest BCUT2D eigenvalue weighted by Gasteiger charge is 2.03. The molecule has 0 amide bonds. The van der Waals surface area contributed by atoms with E-state index < -0.39 is 0 Å². The summed E-state index contributed by atoms with van der Waals surface area (Å²) in [4.78, 5) is 0. The first-order valence-corrected chi connectivity index (χ1v) is 5.91. The maximum atomic E-state index is 5.65. The van der Waals surface area contributed by atoms with Crippen LogP contribution in [-0.2, 0) is 0 Å². The molecule has 0 saturated carbocycles. The van der Waals surface area contributed by atoms with Crippen molar-refractivity contribution in [3.8, 4) is 16.9 Å². The van der Waals surface area contributed by atoms with Gasteiger partial charge in [0.2, 0.25) is 0 Å². The molecule has 0 spiro atoms. The van der Waals surface area contributed by atoms with Crippen LogP contribution in [0.2, 0.25) is 0 Å². The first-order valence-electron chi connectivity index (χ1n) is 5.91. The summed E-state index contributed by atoms with van der Waals surface area (Å²) in [6, 6.07) is 16.4. The normalized spacial score (nSPS) is 10.8. The lowest BCUT2D eigenvalue weighted by Crippen LogP contribution is -1.82. The molecule has 90 valence electrons. The molecule has 2 heteroatoms. The summed E-state index contributed by atoms with van der Waals surface area (Å²) in [6.45, 7) is 1.97. The van der Waals surface area contributed by atoms with Gasteiger partial charge in [-0.15, -0.1) is 0 Å². The van der Waals surface area contributed by atoms with Gasteiger partial charge in [0.05, 0.1) is 7.11 Å². The number of benzene rings is 2. The third-order valence-electron chi connectivity index (χ3n) is 3.07. The van der Waals surface area contributed by atoms with Crippen molar-refractivity contribution in [1.82, 2.24) is 0 Å². The monoisotopic (exact) mass is 238 g/mol. The summed E-state index contributed by atoms with van der Waals surface area (Å²) >= 11 is 0. The number of fused-ring (bicyclic) bond motifs is 1. The fourth-order valence-corrected chi connectivity index (χ4v) is 2.13. The predicted molar refractivity (Wildman–Crippen MR) is 72.9 cm³/mol. The summed E-state index contributed by atoms with van der Waals surface area (Å²) in [7, 11) is 1.67. The Morgan fingerprint density at radius 2 is 1.61 bits per heavy atom. The molecule has 18 heavy (non-hydrogen) atoms. The third kappa shape index (κ3) is 1.86. The van der Waals surface area contributed by atoms with E-state index in [1.807, 2.05) is 25.1 Å². The Bertz CT molecular complexity index is 678. The average molecular weight is 238 g/mol. The van der Waals surface area contributed by atoms with E-state index in [-0.39, 0.29) is 0 Å². The van der Waals surface area contributed by atoms with Gasteiger partial charge in [-0.25, -0.2) is 0 Å². The van der Waals surface area contributed by atoms with Crippen LogP contribution in [0.3, 0.4) is 0 Å². The molecule has 3 rings (SSSR count). The van der Waals surface area contributed by atoms with Crippen LogP contribution >= 0.6 is 0 Å². The van der Waals surface area contributed by atoms with Gasteiger partial charge in [0.15, 0.2) is 0 Å². The van der Waals surface area contributed by atoms with Crippen molar-refractivity contribution in [2.75, 3.05) is 7.11 Å². The van der Waals surface area contributed by atoms with Crippen molar-refractivity contribution in [2.24, 2.45) is 0 Å². The Morgan fingerprint density at radius 3 is 2.33 bits per heavy atom. The summed E-state index contributed by atoms with van der Waals surface area (Å²) in [5.41, 5.74) is 3.24. The van der Waals surface area contributed by atoms with Gasteiger partial charge in [0, 0.05) is 5.39 Å². The van der Waals surface area contributed by atoms with Crippen LogP contribution in [0.5, 0.6) is 5.75 Å². The van der Waals surface area contributed by atoms with Crippen LogP contribution in [0.4, 0.5) is 0 Å².